The SMILES string of the molecule is CCC(C(=O)N1CCC2(CC1)CN(C)CCO2)n1cc(C(C)=O)c2ccccc21. The zero-order valence-corrected chi connectivity index (χ0v) is 17.7. The number of para-hydroxylation sites is 1. The largest absolute Gasteiger partial charge is 0.372 e. The summed E-state index contributed by atoms with van der Waals surface area (Å²) in [5, 5.41) is 0.919. The number of hydrogen-bond acceptors (Lipinski definition) is 4. The second kappa shape index (κ2) is 7.92. The average molecular weight is 398 g/mol. The highest BCUT2D eigenvalue weighted by molar-refractivity contribution is 6.07. The minimum Gasteiger partial charge on any atom is -0.372 e. The molecule has 2 aliphatic rings. The Balaban J connectivity index is 1.56. The number of carbonyl (C=O) groups is 2. The number of carbonyl (C=O) groups excluding carboxylic acids is 2. The number of benzene rings is 1. The van der Waals surface area contributed by atoms with Gasteiger partial charge in [0.15, 0.2) is 5.78 Å². The lowest BCUT2D eigenvalue weighted by atomic mass is 9.89. The zero-order valence-electron chi connectivity index (χ0n) is 17.7. The van der Waals surface area contributed by atoms with E-state index in [-0.39, 0.29) is 23.3 Å². The number of piperidine rings is 1. The minimum absolute atomic E-state index is 0.0285. The third-order valence-electron chi connectivity index (χ3n) is 6.55. The Hall–Kier alpha value is -2.18. The molecular weight excluding hydrogens is 366 g/mol. The maximum absolute atomic E-state index is 13.5. The van der Waals surface area contributed by atoms with E-state index in [1.807, 2.05) is 46.9 Å². The second-order valence-electron chi connectivity index (χ2n) is 8.54. The molecule has 6 nitrogen and oxygen atoms in total. The fourth-order valence-electron chi connectivity index (χ4n) is 4.92. The Morgan fingerprint density at radius 3 is 2.55 bits per heavy atom. The van der Waals surface area contributed by atoms with Gasteiger partial charge in [0.25, 0.3) is 0 Å². The third-order valence-corrected chi connectivity index (χ3v) is 6.55. The molecule has 1 spiro atoms. The molecule has 0 N–H and O–H groups in total. The van der Waals surface area contributed by atoms with E-state index < -0.39 is 0 Å². The summed E-state index contributed by atoms with van der Waals surface area (Å²) in [6, 6.07) is 7.56. The van der Waals surface area contributed by atoms with Crippen molar-refractivity contribution in [3.63, 3.8) is 0 Å². The third kappa shape index (κ3) is 3.71. The van der Waals surface area contributed by atoms with Gasteiger partial charge in [-0.25, -0.2) is 0 Å². The summed E-state index contributed by atoms with van der Waals surface area (Å²) in [6.07, 6.45) is 4.31. The van der Waals surface area contributed by atoms with Gasteiger partial charge in [0.05, 0.1) is 12.2 Å². The van der Waals surface area contributed by atoms with Crippen LogP contribution < -0.4 is 0 Å². The number of ether oxygens (including phenoxy) is 1. The smallest absolute Gasteiger partial charge is 0.245 e. The van der Waals surface area contributed by atoms with Crippen LogP contribution in [0.5, 0.6) is 0 Å². The lowest BCUT2D eigenvalue weighted by Crippen LogP contribution is -2.57. The van der Waals surface area contributed by atoms with E-state index in [9.17, 15) is 9.59 Å². The minimum atomic E-state index is -0.294. The van der Waals surface area contributed by atoms with Gasteiger partial charge < -0.3 is 19.1 Å². The predicted octanol–water partition coefficient (Wildman–Crippen LogP) is 3.12. The Kier molecular flexibility index (Phi) is 5.49. The fourth-order valence-corrected chi connectivity index (χ4v) is 4.92. The molecule has 4 rings (SSSR count). The molecule has 1 aromatic carbocycles. The maximum atomic E-state index is 13.5. The first-order chi connectivity index (χ1) is 13.9. The van der Waals surface area contributed by atoms with E-state index in [0.29, 0.717) is 12.0 Å². The first-order valence-corrected chi connectivity index (χ1v) is 10.7. The fraction of sp³-hybridized carbons (Fsp3) is 0.565. The van der Waals surface area contributed by atoms with Gasteiger partial charge in [0, 0.05) is 48.8 Å². The maximum Gasteiger partial charge on any atom is 0.245 e. The van der Waals surface area contributed by atoms with Crippen molar-refractivity contribution in [2.24, 2.45) is 0 Å². The van der Waals surface area contributed by atoms with Gasteiger partial charge in [-0.3, -0.25) is 9.59 Å². The number of morpholine rings is 1. The van der Waals surface area contributed by atoms with Crippen LogP contribution in [-0.4, -0.2) is 71.5 Å². The van der Waals surface area contributed by atoms with Crippen molar-refractivity contribution in [2.75, 3.05) is 39.8 Å². The first kappa shape index (κ1) is 20.1. The van der Waals surface area contributed by atoms with Crippen molar-refractivity contribution in [1.82, 2.24) is 14.4 Å². The molecule has 2 fully saturated rings. The Morgan fingerprint density at radius 1 is 1.17 bits per heavy atom. The Labute approximate surface area is 172 Å². The molecule has 2 aliphatic heterocycles. The normalized spacial score (nSPS) is 20.9. The van der Waals surface area contributed by atoms with Crippen LogP contribution in [0.1, 0.15) is 49.5 Å². The number of likely N-dealkylation sites (tertiary alicyclic amines) is 1. The molecule has 2 aromatic rings. The number of rotatable bonds is 4. The van der Waals surface area contributed by atoms with Gasteiger partial charge >= 0.3 is 0 Å². The first-order valence-electron chi connectivity index (χ1n) is 10.7. The van der Waals surface area contributed by atoms with Gasteiger partial charge in [-0.15, -0.1) is 0 Å². The number of fused-ring (bicyclic) bond motifs is 1. The predicted molar refractivity (Wildman–Crippen MR) is 113 cm³/mol. The van der Waals surface area contributed by atoms with Crippen molar-refractivity contribution in [2.45, 2.75) is 44.8 Å². The van der Waals surface area contributed by atoms with Gasteiger partial charge in [-0.2, -0.15) is 0 Å². The Bertz CT molecular complexity index is 911. The van der Waals surface area contributed by atoms with E-state index in [2.05, 4.69) is 11.9 Å². The molecule has 1 aromatic heterocycles. The van der Waals surface area contributed by atoms with E-state index in [0.717, 1.165) is 56.5 Å². The lowest BCUT2D eigenvalue weighted by Gasteiger charge is -2.47. The van der Waals surface area contributed by atoms with Gasteiger partial charge in [0.1, 0.15) is 6.04 Å². The summed E-state index contributed by atoms with van der Waals surface area (Å²) in [7, 11) is 2.14. The molecule has 6 heteroatoms. The molecular formula is C23H31N3O3. The molecule has 2 saturated heterocycles. The number of aromatic nitrogens is 1. The van der Waals surface area contributed by atoms with Gasteiger partial charge in [0.2, 0.25) is 5.91 Å². The number of Topliss-reactive ketones (excluding diaryl/α,β-unsaturated/α-hetero) is 1. The summed E-state index contributed by atoms with van der Waals surface area (Å²) in [5.74, 6) is 0.170. The van der Waals surface area contributed by atoms with Crippen LogP contribution >= 0.6 is 0 Å². The number of likely N-dealkylation sites (N-methyl/N-ethyl adjacent to an activating group) is 1. The highest BCUT2D eigenvalue weighted by atomic mass is 16.5. The van der Waals surface area contributed by atoms with Gasteiger partial charge in [-0.05, 0) is 39.3 Å². The molecule has 29 heavy (non-hydrogen) atoms. The van der Waals surface area contributed by atoms with Gasteiger partial charge in [-0.1, -0.05) is 25.1 Å². The van der Waals surface area contributed by atoms with Crippen molar-refractivity contribution in [3.8, 4) is 0 Å². The molecule has 156 valence electrons. The molecule has 1 unspecified atom stereocenters. The highest BCUT2D eigenvalue weighted by Gasteiger charge is 2.40. The number of hydrogen-bond donors (Lipinski definition) is 0. The van der Waals surface area contributed by atoms with Crippen molar-refractivity contribution in [1.29, 1.82) is 0 Å². The number of nitrogens with zero attached hydrogens (tertiary/aromatic N) is 3. The van der Waals surface area contributed by atoms with E-state index in [4.69, 9.17) is 4.74 Å². The molecule has 0 radical (unpaired) electrons. The monoisotopic (exact) mass is 397 g/mol. The average Bonchev–Trinajstić information content (AvgIpc) is 3.09. The van der Waals surface area contributed by atoms with Crippen LogP contribution in [-0.2, 0) is 9.53 Å². The summed E-state index contributed by atoms with van der Waals surface area (Å²) in [5.41, 5.74) is 1.53. The van der Waals surface area contributed by atoms with Crippen LogP contribution in [0, 0.1) is 0 Å². The molecule has 0 aliphatic carbocycles. The zero-order chi connectivity index (χ0) is 20.6. The number of ketones is 1. The quantitative estimate of drug-likeness (QED) is 0.744. The standard InChI is InChI=1S/C23H31N3O3/c1-4-20(26-15-19(17(2)27)18-7-5-6-8-21(18)26)22(28)25-11-9-23(10-12-25)16-24(3)13-14-29-23/h5-8,15,20H,4,9-14,16H2,1-3H3. The van der Waals surface area contributed by atoms with Crippen LogP contribution in [0.2, 0.25) is 0 Å². The molecule has 3 heterocycles. The molecule has 1 amide bonds. The second-order valence-corrected chi connectivity index (χ2v) is 8.54. The topological polar surface area (TPSA) is 54.8 Å². The van der Waals surface area contributed by atoms with E-state index >= 15 is 0 Å². The summed E-state index contributed by atoms with van der Waals surface area (Å²) >= 11 is 0. The summed E-state index contributed by atoms with van der Waals surface area (Å²) < 4.78 is 8.14. The Morgan fingerprint density at radius 2 is 1.90 bits per heavy atom. The summed E-state index contributed by atoms with van der Waals surface area (Å²) in [4.78, 5) is 29.9. The van der Waals surface area contributed by atoms with Crippen molar-refractivity contribution >= 4 is 22.6 Å². The van der Waals surface area contributed by atoms with Crippen LogP contribution in [0.15, 0.2) is 30.5 Å². The van der Waals surface area contributed by atoms with Crippen LogP contribution in [0.3, 0.4) is 0 Å². The summed E-state index contributed by atoms with van der Waals surface area (Å²) in [6.45, 7) is 7.75. The highest BCUT2D eigenvalue weighted by Crippen LogP contribution is 2.32. The molecule has 1 atom stereocenters. The van der Waals surface area contributed by atoms with Crippen LogP contribution in [0.4, 0.5) is 0 Å². The van der Waals surface area contributed by atoms with Crippen molar-refractivity contribution in [3.05, 3.63) is 36.0 Å². The molecule has 0 saturated carbocycles. The number of amides is 1. The van der Waals surface area contributed by atoms with E-state index in [1.165, 1.54) is 0 Å². The van der Waals surface area contributed by atoms with E-state index in [1.54, 1.807) is 6.92 Å². The van der Waals surface area contributed by atoms with Crippen LogP contribution in [0.25, 0.3) is 10.9 Å². The molecule has 0 bridgehead atoms. The van der Waals surface area contributed by atoms with Crippen molar-refractivity contribution < 1.29 is 14.3 Å². The lowest BCUT2D eigenvalue weighted by molar-refractivity contribution is -0.150.